The monoisotopic (exact) mass is 302 g/mol. The Balaban J connectivity index is 2.14. The summed E-state index contributed by atoms with van der Waals surface area (Å²) in [4.78, 5) is 13.4. The van der Waals surface area contributed by atoms with Gasteiger partial charge in [0, 0.05) is 16.9 Å². The van der Waals surface area contributed by atoms with Crippen molar-refractivity contribution in [3.63, 3.8) is 0 Å². The van der Waals surface area contributed by atoms with Crippen LogP contribution in [0.5, 0.6) is 11.5 Å². The van der Waals surface area contributed by atoms with E-state index in [0.29, 0.717) is 17.9 Å². The van der Waals surface area contributed by atoms with Gasteiger partial charge in [0.2, 0.25) is 0 Å². The second-order valence-corrected chi connectivity index (χ2v) is 5.40. The molecule has 2 rings (SSSR count). The molecule has 0 radical (unpaired) electrons. The summed E-state index contributed by atoms with van der Waals surface area (Å²) in [5, 5.41) is 0. The fourth-order valence-electron chi connectivity index (χ4n) is 2.05. The summed E-state index contributed by atoms with van der Waals surface area (Å²) in [5.74, 6) is 1.40. The second kappa shape index (κ2) is 7.18. The Kier molecular flexibility index (Phi) is 5.28. The zero-order valence-corrected chi connectivity index (χ0v) is 13.2. The van der Waals surface area contributed by atoms with Gasteiger partial charge in [-0.15, -0.1) is 11.8 Å². The predicted molar refractivity (Wildman–Crippen MR) is 85.8 cm³/mol. The van der Waals surface area contributed by atoms with Crippen molar-refractivity contribution in [2.75, 3.05) is 20.5 Å². The Morgan fingerprint density at radius 2 is 1.67 bits per heavy atom. The molecule has 0 saturated carbocycles. The lowest BCUT2D eigenvalue weighted by atomic mass is 10.0. The van der Waals surface area contributed by atoms with Crippen LogP contribution in [0.3, 0.4) is 0 Å². The van der Waals surface area contributed by atoms with Gasteiger partial charge >= 0.3 is 0 Å². The minimum atomic E-state index is 0.0925. The Morgan fingerprint density at radius 1 is 1.00 bits per heavy atom. The van der Waals surface area contributed by atoms with Crippen molar-refractivity contribution in [3.8, 4) is 11.5 Å². The Bertz CT molecular complexity index is 620. The first-order valence-electron chi connectivity index (χ1n) is 6.56. The predicted octanol–water partition coefficient (Wildman–Crippen LogP) is 3.85. The van der Waals surface area contributed by atoms with Crippen LogP contribution in [0, 0.1) is 0 Å². The van der Waals surface area contributed by atoms with Gasteiger partial charge in [-0.25, -0.2) is 0 Å². The lowest BCUT2D eigenvalue weighted by molar-refractivity contribution is 0.0993. The van der Waals surface area contributed by atoms with Crippen molar-refractivity contribution >= 4 is 17.5 Å². The van der Waals surface area contributed by atoms with Gasteiger partial charge in [0.25, 0.3) is 0 Å². The zero-order valence-electron chi connectivity index (χ0n) is 12.4. The van der Waals surface area contributed by atoms with E-state index in [-0.39, 0.29) is 5.78 Å². The molecule has 0 N–H and O–H groups in total. The molecule has 0 heterocycles. The molecule has 0 amide bonds. The molecular formula is C17H18O3S. The van der Waals surface area contributed by atoms with E-state index in [1.165, 1.54) is 0 Å². The average Bonchev–Trinajstić information content (AvgIpc) is 2.54. The number of carbonyl (C=O) groups is 1. The lowest BCUT2D eigenvalue weighted by Crippen LogP contribution is -2.04. The summed E-state index contributed by atoms with van der Waals surface area (Å²) in [6, 6.07) is 13.2. The highest BCUT2D eigenvalue weighted by molar-refractivity contribution is 7.98. The summed E-state index contributed by atoms with van der Waals surface area (Å²) in [6.07, 6.45) is 2.36. The van der Waals surface area contributed by atoms with Gasteiger partial charge in [0.1, 0.15) is 0 Å². The van der Waals surface area contributed by atoms with Crippen molar-refractivity contribution < 1.29 is 14.3 Å². The van der Waals surface area contributed by atoms with E-state index < -0.39 is 0 Å². The second-order valence-electron chi connectivity index (χ2n) is 4.52. The Morgan fingerprint density at radius 3 is 2.24 bits per heavy atom. The van der Waals surface area contributed by atoms with Crippen LogP contribution < -0.4 is 9.47 Å². The van der Waals surface area contributed by atoms with Gasteiger partial charge in [-0.1, -0.05) is 18.2 Å². The number of benzene rings is 2. The largest absolute Gasteiger partial charge is 0.493 e. The Hall–Kier alpha value is -1.94. The number of ether oxygens (including phenoxy) is 2. The highest BCUT2D eigenvalue weighted by Gasteiger charge is 2.10. The van der Waals surface area contributed by atoms with Crippen LogP contribution in [0.15, 0.2) is 47.4 Å². The molecule has 3 nitrogen and oxygen atoms in total. The van der Waals surface area contributed by atoms with Gasteiger partial charge in [0.05, 0.1) is 14.2 Å². The number of hydrogen-bond acceptors (Lipinski definition) is 4. The van der Waals surface area contributed by atoms with Gasteiger partial charge in [0.15, 0.2) is 17.3 Å². The number of ketones is 1. The van der Waals surface area contributed by atoms with Crippen molar-refractivity contribution in [1.82, 2.24) is 0 Å². The summed E-state index contributed by atoms with van der Waals surface area (Å²) < 4.78 is 10.4. The first-order valence-corrected chi connectivity index (χ1v) is 7.78. The molecule has 0 unspecified atom stereocenters. The number of rotatable bonds is 6. The van der Waals surface area contributed by atoms with Crippen molar-refractivity contribution in [2.24, 2.45) is 0 Å². The number of methoxy groups -OCH3 is 2. The van der Waals surface area contributed by atoms with Gasteiger partial charge < -0.3 is 9.47 Å². The minimum absolute atomic E-state index is 0.0925. The molecular weight excluding hydrogens is 284 g/mol. The zero-order chi connectivity index (χ0) is 15.2. The third-order valence-corrected chi connectivity index (χ3v) is 3.97. The third-order valence-electron chi connectivity index (χ3n) is 3.22. The summed E-state index contributed by atoms with van der Waals surface area (Å²) in [6.45, 7) is 0. The van der Waals surface area contributed by atoms with Crippen molar-refractivity contribution in [1.29, 1.82) is 0 Å². The molecule has 0 aliphatic carbocycles. The van der Waals surface area contributed by atoms with E-state index in [9.17, 15) is 4.79 Å². The molecule has 0 fully saturated rings. The molecule has 110 valence electrons. The third kappa shape index (κ3) is 3.79. The van der Waals surface area contributed by atoms with E-state index in [1.54, 1.807) is 26.0 Å². The fraction of sp³-hybridized carbons (Fsp3) is 0.235. The van der Waals surface area contributed by atoms with Crippen LogP contribution in [0.1, 0.15) is 15.9 Å². The van der Waals surface area contributed by atoms with Crippen molar-refractivity contribution in [3.05, 3.63) is 53.6 Å². The topological polar surface area (TPSA) is 35.5 Å². The smallest absolute Gasteiger partial charge is 0.167 e. The van der Waals surface area contributed by atoms with Crippen molar-refractivity contribution in [2.45, 2.75) is 11.3 Å². The number of Topliss-reactive ketones (excluding diaryl/α,β-unsaturated/α-hetero) is 1. The molecule has 0 aliphatic heterocycles. The molecule has 0 spiro atoms. The number of carbonyl (C=O) groups excluding carboxylic acids is 1. The number of thioether (sulfide) groups is 1. The fourth-order valence-corrected chi connectivity index (χ4v) is 2.46. The first-order chi connectivity index (χ1) is 10.2. The van der Waals surface area contributed by atoms with Crippen LogP contribution in [0.2, 0.25) is 0 Å². The number of hydrogen-bond donors (Lipinski definition) is 0. The lowest BCUT2D eigenvalue weighted by Gasteiger charge is -2.09. The van der Waals surface area contributed by atoms with Gasteiger partial charge in [-0.05, 0) is 36.1 Å². The quantitative estimate of drug-likeness (QED) is 0.600. The minimum Gasteiger partial charge on any atom is -0.493 e. The Labute approximate surface area is 129 Å². The molecule has 0 atom stereocenters. The van der Waals surface area contributed by atoms with Gasteiger partial charge in [-0.2, -0.15) is 0 Å². The molecule has 0 aliphatic rings. The standard InChI is InChI=1S/C17H18O3S/c1-19-16-9-4-12(11-17(16)20-2)10-15(18)13-5-7-14(21-3)8-6-13/h4-9,11H,10H2,1-3H3. The van der Waals surface area contributed by atoms with E-state index >= 15 is 0 Å². The van der Waals surface area contributed by atoms with Gasteiger partial charge in [-0.3, -0.25) is 4.79 Å². The summed E-state index contributed by atoms with van der Waals surface area (Å²) >= 11 is 1.66. The molecule has 0 bridgehead atoms. The molecule has 2 aromatic rings. The highest BCUT2D eigenvalue weighted by atomic mass is 32.2. The first kappa shape index (κ1) is 15.4. The van der Waals surface area contributed by atoms with E-state index in [4.69, 9.17) is 9.47 Å². The molecule has 4 heteroatoms. The van der Waals surface area contributed by atoms with Crippen LogP contribution in [-0.2, 0) is 6.42 Å². The summed E-state index contributed by atoms with van der Waals surface area (Å²) in [5.41, 5.74) is 1.63. The molecule has 2 aromatic carbocycles. The maximum absolute atomic E-state index is 12.3. The molecule has 0 saturated heterocycles. The summed E-state index contributed by atoms with van der Waals surface area (Å²) in [7, 11) is 3.18. The van der Waals surface area contributed by atoms with Crippen LogP contribution in [-0.4, -0.2) is 26.3 Å². The van der Waals surface area contributed by atoms with Crippen LogP contribution >= 0.6 is 11.8 Å². The average molecular weight is 302 g/mol. The van der Waals surface area contributed by atoms with E-state index in [1.807, 2.05) is 48.7 Å². The maximum Gasteiger partial charge on any atom is 0.167 e. The maximum atomic E-state index is 12.3. The normalized spacial score (nSPS) is 10.2. The van der Waals surface area contributed by atoms with Crippen LogP contribution in [0.4, 0.5) is 0 Å². The van der Waals surface area contributed by atoms with Crippen LogP contribution in [0.25, 0.3) is 0 Å². The molecule has 0 aromatic heterocycles. The molecule has 21 heavy (non-hydrogen) atoms. The van der Waals surface area contributed by atoms with E-state index in [2.05, 4.69) is 0 Å². The van der Waals surface area contributed by atoms with E-state index in [0.717, 1.165) is 16.0 Å². The highest BCUT2D eigenvalue weighted by Crippen LogP contribution is 2.28. The SMILES string of the molecule is COc1ccc(CC(=O)c2ccc(SC)cc2)cc1OC.